The summed E-state index contributed by atoms with van der Waals surface area (Å²) in [6.45, 7) is 28.1. The first-order valence-electron chi connectivity index (χ1n) is 32.0. The average Bonchev–Trinajstić information content (AvgIpc) is 1.01. The van der Waals surface area contributed by atoms with Crippen LogP contribution in [-0.2, 0) is 21.7 Å². The fraction of sp³-hybridized carbons (Fsp3) is 0.259. The smallest absolute Gasteiger partial charge is 0.252 e. The lowest BCUT2D eigenvalue weighted by Gasteiger charge is -2.50. The SMILES string of the molecule is Cc1cc2c3c(c1)N(c1cccc4oc5ccccc5c14)c1cc(N4c5ccc(C(C)(C)C)cc5C5(C)CCCCC45C)ccc1B3c1ccc(N(c3ccc(C(C)(C)C)cc3)c3ccc(C(C)(C)C)cc3)cc1N2c1cccc2oc3ccccc3c12. The van der Waals surface area contributed by atoms with Gasteiger partial charge >= 0.3 is 0 Å². The number of benzene rings is 10. The van der Waals surface area contributed by atoms with Crippen LogP contribution >= 0.6 is 0 Å². The molecule has 10 aromatic carbocycles. The fourth-order valence-corrected chi connectivity index (χ4v) is 16.1. The van der Waals surface area contributed by atoms with Crippen LogP contribution in [0, 0.1) is 6.92 Å². The molecule has 88 heavy (non-hydrogen) atoms. The van der Waals surface area contributed by atoms with Crippen molar-refractivity contribution in [1.82, 2.24) is 0 Å². The molecule has 0 N–H and O–H groups in total. The molecule has 3 aliphatic heterocycles. The normalized spacial score (nSPS) is 18.0. The summed E-state index contributed by atoms with van der Waals surface area (Å²) in [4.78, 5) is 10.4. The molecule has 2 atom stereocenters. The Kier molecular flexibility index (Phi) is 11.8. The minimum Gasteiger partial charge on any atom is -0.456 e. The second-order valence-corrected chi connectivity index (χ2v) is 29.4. The van der Waals surface area contributed by atoms with E-state index in [4.69, 9.17) is 8.83 Å². The van der Waals surface area contributed by atoms with Crippen molar-refractivity contribution in [1.29, 1.82) is 0 Å². The summed E-state index contributed by atoms with van der Waals surface area (Å²) < 4.78 is 13.6. The Bertz CT molecular complexity index is 4780. The largest absolute Gasteiger partial charge is 0.456 e. The van der Waals surface area contributed by atoms with Gasteiger partial charge in [-0.3, -0.25) is 0 Å². The van der Waals surface area contributed by atoms with E-state index in [2.05, 4.69) is 303 Å². The van der Waals surface area contributed by atoms with E-state index in [-0.39, 0.29) is 33.9 Å². The summed E-state index contributed by atoms with van der Waals surface area (Å²) in [6, 6.07) is 76.0. The molecule has 6 nitrogen and oxygen atoms in total. The Balaban J connectivity index is 0.987. The van der Waals surface area contributed by atoms with Crippen LogP contribution in [0.4, 0.5) is 62.6 Å². The van der Waals surface area contributed by atoms with E-state index in [1.54, 1.807) is 0 Å². The van der Waals surface area contributed by atoms with Gasteiger partial charge in [-0.05, 0) is 190 Å². The van der Waals surface area contributed by atoms with E-state index in [0.29, 0.717) is 0 Å². The number of aryl methyl sites for hydroxylation is 1. The Morgan fingerprint density at radius 2 is 0.898 bits per heavy atom. The number of furan rings is 2. The third-order valence-electron chi connectivity index (χ3n) is 20.9. The lowest BCUT2D eigenvalue weighted by Crippen LogP contribution is -2.61. The molecule has 1 saturated carbocycles. The van der Waals surface area contributed by atoms with E-state index < -0.39 is 0 Å². The maximum absolute atomic E-state index is 6.79. The van der Waals surface area contributed by atoms with Crippen LogP contribution in [0.2, 0.25) is 0 Å². The van der Waals surface area contributed by atoms with Gasteiger partial charge in [0.1, 0.15) is 22.3 Å². The maximum atomic E-state index is 6.79. The van der Waals surface area contributed by atoms with Gasteiger partial charge in [0.25, 0.3) is 6.71 Å². The minimum absolute atomic E-state index is 0.00167. The highest BCUT2D eigenvalue weighted by Crippen LogP contribution is 2.62. The van der Waals surface area contributed by atoms with Crippen molar-refractivity contribution in [3.63, 3.8) is 0 Å². The quantitative estimate of drug-likeness (QED) is 0.155. The van der Waals surface area contributed by atoms with Crippen LogP contribution in [0.1, 0.15) is 130 Å². The van der Waals surface area contributed by atoms with Crippen molar-refractivity contribution < 1.29 is 8.83 Å². The van der Waals surface area contributed by atoms with Gasteiger partial charge < -0.3 is 28.4 Å². The summed E-state index contributed by atoms with van der Waals surface area (Å²) in [5.41, 5.74) is 26.4. The number of anilines is 11. The summed E-state index contributed by atoms with van der Waals surface area (Å²) in [7, 11) is 0. The topological polar surface area (TPSA) is 39.2 Å². The van der Waals surface area contributed by atoms with E-state index in [1.165, 1.54) is 74.1 Å². The van der Waals surface area contributed by atoms with E-state index in [9.17, 15) is 0 Å². The summed E-state index contributed by atoms with van der Waals surface area (Å²) in [5.74, 6) is 0. The van der Waals surface area contributed by atoms with Crippen molar-refractivity contribution in [2.45, 2.75) is 136 Å². The number of fused-ring (bicyclic) bond motifs is 13. The first kappa shape index (κ1) is 54.5. The predicted molar refractivity (Wildman–Crippen MR) is 373 cm³/mol. The molecule has 16 rings (SSSR count). The Morgan fingerprint density at radius 3 is 1.44 bits per heavy atom. The molecule has 436 valence electrons. The van der Waals surface area contributed by atoms with Gasteiger partial charge in [0.05, 0.1) is 27.7 Å². The van der Waals surface area contributed by atoms with Gasteiger partial charge in [0.2, 0.25) is 0 Å². The zero-order valence-corrected chi connectivity index (χ0v) is 53.1. The van der Waals surface area contributed by atoms with Gasteiger partial charge in [-0.25, -0.2) is 0 Å². The molecule has 0 saturated heterocycles. The van der Waals surface area contributed by atoms with Crippen LogP contribution in [0.15, 0.2) is 209 Å². The van der Waals surface area contributed by atoms with E-state index in [0.717, 1.165) is 102 Å². The Labute approximate surface area is 519 Å². The molecule has 0 spiro atoms. The zero-order chi connectivity index (χ0) is 60.6. The van der Waals surface area contributed by atoms with Crippen molar-refractivity contribution in [3.8, 4) is 0 Å². The molecule has 2 aromatic heterocycles. The monoisotopic (exact) mass is 1150 g/mol. The molecule has 5 heterocycles. The van der Waals surface area contributed by atoms with Gasteiger partial charge in [0, 0.05) is 67.4 Å². The lowest BCUT2D eigenvalue weighted by molar-refractivity contribution is 0.195. The third kappa shape index (κ3) is 8.00. The van der Waals surface area contributed by atoms with E-state index >= 15 is 0 Å². The molecule has 0 radical (unpaired) electrons. The van der Waals surface area contributed by atoms with Crippen molar-refractivity contribution in [2.75, 3.05) is 19.6 Å². The first-order valence-corrected chi connectivity index (χ1v) is 32.0. The zero-order valence-electron chi connectivity index (χ0n) is 53.1. The lowest BCUT2D eigenvalue weighted by atomic mass is 9.33. The average molecular weight is 1150 g/mol. The Morgan fingerprint density at radius 1 is 0.420 bits per heavy atom. The van der Waals surface area contributed by atoms with Crippen molar-refractivity contribution >= 4 is 130 Å². The van der Waals surface area contributed by atoms with Crippen LogP contribution < -0.4 is 36.0 Å². The summed E-state index contributed by atoms with van der Waals surface area (Å²) in [6.07, 6.45) is 4.70. The second kappa shape index (κ2) is 19.0. The maximum Gasteiger partial charge on any atom is 0.252 e. The first-order chi connectivity index (χ1) is 42.2. The van der Waals surface area contributed by atoms with Gasteiger partial charge in [-0.2, -0.15) is 0 Å². The molecule has 0 bridgehead atoms. The predicted octanol–water partition coefficient (Wildman–Crippen LogP) is 21.0. The molecule has 2 unspecified atom stereocenters. The molecule has 12 aromatic rings. The highest BCUT2D eigenvalue weighted by atomic mass is 16.3. The number of para-hydroxylation sites is 2. The third-order valence-corrected chi connectivity index (χ3v) is 20.9. The minimum atomic E-state index is -0.154. The summed E-state index contributed by atoms with van der Waals surface area (Å²) in [5, 5.41) is 4.39. The second-order valence-electron chi connectivity index (χ2n) is 29.4. The molecule has 7 heteroatoms. The molecule has 1 fully saturated rings. The molecule has 0 amide bonds. The van der Waals surface area contributed by atoms with Crippen LogP contribution in [0.3, 0.4) is 0 Å². The number of hydrogen-bond donors (Lipinski definition) is 0. The fourth-order valence-electron chi connectivity index (χ4n) is 16.1. The van der Waals surface area contributed by atoms with Gasteiger partial charge in [0.15, 0.2) is 0 Å². The number of hydrogen-bond acceptors (Lipinski definition) is 6. The van der Waals surface area contributed by atoms with Crippen LogP contribution in [0.5, 0.6) is 0 Å². The highest BCUT2D eigenvalue weighted by molar-refractivity contribution is 7.00. The van der Waals surface area contributed by atoms with Crippen molar-refractivity contribution in [3.05, 3.63) is 228 Å². The van der Waals surface area contributed by atoms with Crippen LogP contribution in [-0.4, -0.2) is 12.3 Å². The Hall–Kier alpha value is -8.94. The van der Waals surface area contributed by atoms with Crippen LogP contribution in [0.25, 0.3) is 43.9 Å². The van der Waals surface area contributed by atoms with E-state index in [1.807, 2.05) is 0 Å². The molecular weight excluding hydrogens is 1070 g/mol. The standard InChI is InChI=1S/C81H77BN4O2/c1-50-45-68-76-69(46-50)85(65-24-20-28-73-75(65)59-22-14-16-26-71(59)88-73)67-49-57(86-63-42-33-53(79(8,9)10)47-60(63)80(11)43-17-18-44-81(80,86)12)39-41-62(67)82(76)61-40-38-56(48-66(61)84(68)64-23-19-27-72-74(64)58-21-13-15-25-70(58)87-72)83(54-34-29-51(30-35-54)77(2,3)4)55-36-31-52(32-37-55)78(5,6)7/h13-16,19-42,45-49H,17-18,43-44H2,1-12H3. The summed E-state index contributed by atoms with van der Waals surface area (Å²) >= 11 is 0. The van der Waals surface area contributed by atoms with Crippen molar-refractivity contribution in [2.24, 2.45) is 0 Å². The highest BCUT2D eigenvalue weighted by Gasteiger charge is 2.58. The molecular formula is C81H77BN4O2. The van der Waals surface area contributed by atoms with Gasteiger partial charge in [-0.1, -0.05) is 179 Å². The van der Waals surface area contributed by atoms with Gasteiger partial charge in [-0.15, -0.1) is 0 Å². The number of nitrogens with zero attached hydrogens (tertiary/aromatic N) is 4. The molecule has 4 aliphatic rings. The number of rotatable bonds is 6. The molecule has 1 aliphatic carbocycles.